The maximum absolute atomic E-state index is 13.0. The van der Waals surface area contributed by atoms with E-state index in [2.05, 4.69) is 31.0 Å². The smallest absolute Gasteiger partial charge is 0.262 e. The average Bonchev–Trinajstić information content (AvgIpc) is 3.67. The number of amides is 2. The molecule has 0 bridgehead atoms. The van der Waals surface area contributed by atoms with E-state index in [1.807, 2.05) is 74.5 Å². The van der Waals surface area contributed by atoms with E-state index in [0.29, 0.717) is 10.3 Å². The first-order chi connectivity index (χ1) is 20.2. The number of hydrogen-bond donors (Lipinski definition) is 2. The predicted molar refractivity (Wildman–Crippen MR) is 164 cm³/mol. The van der Waals surface area contributed by atoms with Crippen molar-refractivity contribution in [1.29, 1.82) is 0 Å². The molecule has 0 saturated carbocycles. The van der Waals surface area contributed by atoms with Crippen LogP contribution in [0.25, 0.3) is 0 Å². The molecule has 3 unspecified atom stereocenters. The Balaban J connectivity index is 1.24. The number of benzene rings is 2. The Morgan fingerprint density at radius 1 is 0.762 bits per heavy atom. The van der Waals surface area contributed by atoms with Crippen molar-refractivity contribution in [1.82, 2.24) is 20.4 Å². The van der Waals surface area contributed by atoms with E-state index in [1.165, 1.54) is 29.8 Å². The molecule has 2 N–H and O–H groups in total. The van der Waals surface area contributed by atoms with Crippen molar-refractivity contribution >= 4 is 44.8 Å². The summed E-state index contributed by atoms with van der Waals surface area (Å²) >= 11 is 2.72. The number of unbranched alkanes of at least 4 members (excludes halogenated alkanes) is 1. The minimum atomic E-state index is -1.14. The maximum Gasteiger partial charge on any atom is 0.262 e. The highest BCUT2D eigenvalue weighted by Gasteiger charge is 2.38. The molecule has 0 aliphatic carbocycles. The van der Waals surface area contributed by atoms with Crippen LogP contribution in [0, 0.1) is 5.92 Å². The zero-order chi connectivity index (χ0) is 30.2. The van der Waals surface area contributed by atoms with Gasteiger partial charge in [-0.05, 0) is 37.8 Å². The Kier molecular flexibility index (Phi) is 10.5. The van der Waals surface area contributed by atoms with E-state index in [9.17, 15) is 9.59 Å². The van der Waals surface area contributed by atoms with Gasteiger partial charge >= 0.3 is 0 Å². The Bertz CT molecular complexity index is 1460. The van der Waals surface area contributed by atoms with Crippen LogP contribution in [-0.2, 0) is 43.1 Å². The van der Waals surface area contributed by atoms with E-state index in [4.69, 9.17) is 9.47 Å². The summed E-state index contributed by atoms with van der Waals surface area (Å²) in [5, 5.41) is 25.1. The normalized spacial score (nSPS) is 14.9. The first-order valence-corrected chi connectivity index (χ1v) is 15.3. The summed E-state index contributed by atoms with van der Waals surface area (Å²) in [7, 11) is 3.12. The van der Waals surface area contributed by atoms with Crippen molar-refractivity contribution < 1.29 is 19.1 Å². The Morgan fingerprint density at radius 2 is 1.26 bits per heavy atom. The van der Waals surface area contributed by atoms with Gasteiger partial charge in [-0.15, -0.1) is 20.4 Å². The molecule has 3 atom stereocenters. The lowest BCUT2D eigenvalue weighted by atomic mass is 9.83. The van der Waals surface area contributed by atoms with Gasteiger partial charge in [-0.3, -0.25) is 14.9 Å². The van der Waals surface area contributed by atoms with Gasteiger partial charge in [0, 0.05) is 27.1 Å². The molecule has 2 aromatic carbocycles. The largest absolute Gasteiger partial charge is 0.373 e. The van der Waals surface area contributed by atoms with Gasteiger partial charge in [-0.2, -0.15) is 0 Å². The number of hydrogen-bond acceptors (Lipinski definition) is 10. The summed E-state index contributed by atoms with van der Waals surface area (Å²) in [6, 6.07) is 19.0. The van der Waals surface area contributed by atoms with Gasteiger partial charge in [0.05, 0.1) is 5.92 Å². The third-order valence-electron chi connectivity index (χ3n) is 7.57. The molecule has 0 aliphatic heterocycles. The monoisotopic (exact) mass is 608 g/mol. The number of nitrogens with one attached hydrogen (secondary N) is 2. The number of ether oxygens (including phenoxy) is 2. The van der Waals surface area contributed by atoms with Crippen LogP contribution in [0.1, 0.15) is 54.8 Å². The molecular weight excluding hydrogens is 573 g/mol. The van der Waals surface area contributed by atoms with E-state index in [1.54, 1.807) is 14.0 Å². The summed E-state index contributed by atoms with van der Waals surface area (Å²) in [6.45, 7) is 5.48. The van der Waals surface area contributed by atoms with Crippen molar-refractivity contribution in [3.63, 3.8) is 0 Å². The van der Waals surface area contributed by atoms with Gasteiger partial charge in [0.1, 0.15) is 15.6 Å². The molecular formula is C30H36N6O4S2. The van der Waals surface area contributed by atoms with Crippen LogP contribution in [0.5, 0.6) is 0 Å². The molecule has 4 aromatic rings. The van der Waals surface area contributed by atoms with Crippen LogP contribution in [-0.4, -0.2) is 46.4 Å². The van der Waals surface area contributed by atoms with Crippen molar-refractivity contribution in [3.8, 4) is 0 Å². The lowest BCUT2D eigenvalue weighted by Gasteiger charge is -2.33. The van der Waals surface area contributed by atoms with Crippen LogP contribution in [0.3, 0.4) is 0 Å². The second-order valence-electron chi connectivity index (χ2n) is 10.2. The van der Waals surface area contributed by atoms with Crippen molar-refractivity contribution in [2.24, 2.45) is 5.92 Å². The number of anilines is 2. The van der Waals surface area contributed by atoms with Crippen LogP contribution in [0.2, 0.25) is 0 Å². The van der Waals surface area contributed by atoms with Crippen LogP contribution in [0.4, 0.5) is 10.3 Å². The predicted octanol–water partition coefficient (Wildman–Crippen LogP) is 5.59. The standard InChI is InChI=1S/C30H36N6O4S2/c1-20(29(2,39-4)21-14-8-6-9-15-21)25(37)31-27-35-33-23(41-27)18-12-13-19-24-34-36-28(42-24)32-26(38)30(3,40-5)22-16-10-7-11-17-22/h6-11,14-17,20H,12-13,18-19H2,1-5H3,(H,31,35,37)(H,32,36,38). The molecule has 12 heteroatoms. The lowest BCUT2D eigenvalue weighted by molar-refractivity contribution is -0.136. The molecule has 222 valence electrons. The molecule has 42 heavy (non-hydrogen) atoms. The number of aromatic nitrogens is 4. The molecule has 4 rings (SSSR count). The quantitative estimate of drug-likeness (QED) is 0.177. The number of nitrogens with zero attached hydrogens (tertiary/aromatic N) is 4. The van der Waals surface area contributed by atoms with Gasteiger partial charge in [-0.25, -0.2) is 0 Å². The lowest BCUT2D eigenvalue weighted by Crippen LogP contribution is -2.40. The second-order valence-corrected chi connectivity index (χ2v) is 12.3. The van der Waals surface area contributed by atoms with Crippen molar-refractivity contribution in [2.45, 2.75) is 57.7 Å². The summed E-state index contributed by atoms with van der Waals surface area (Å²) < 4.78 is 11.3. The number of rotatable bonds is 14. The molecule has 0 aliphatic rings. The molecule has 0 saturated heterocycles. The third-order valence-corrected chi connectivity index (χ3v) is 9.37. The molecule has 10 nitrogen and oxygen atoms in total. The first-order valence-electron chi connectivity index (χ1n) is 13.7. The van der Waals surface area contributed by atoms with E-state index < -0.39 is 17.1 Å². The maximum atomic E-state index is 13.0. The molecule has 2 heterocycles. The Hall–Kier alpha value is -3.58. The third kappa shape index (κ3) is 7.24. The molecule has 0 fully saturated rings. The number of methoxy groups -OCH3 is 2. The van der Waals surface area contributed by atoms with Gasteiger partial charge in [0.2, 0.25) is 16.2 Å². The van der Waals surface area contributed by atoms with Crippen LogP contribution >= 0.6 is 22.7 Å². The minimum Gasteiger partial charge on any atom is -0.373 e. The highest BCUT2D eigenvalue weighted by molar-refractivity contribution is 7.15. The number of carbonyl (C=O) groups is 2. The average molecular weight is 609 g/mol. The Labute approximate surface area is 253 Å². The van der Waals surface area contributed by atoms with Crippen LogP contribution < -0.4 is 10.6 Å². The van der Waals surface area contributed by atoms with Gasteiger partial charge < -0.3 is 14.8 Å². The van der Waals surface area contributed by atoms with Gasteiger partial charge in [0.25, 0.3) is 5.91 Å². The van der Waals surface area contributed by atoms with E-state index in [0.717, 1.165) is 46.8 Å². The number of carbonyl (C=O) groups excluding carboxylic acids is 2. The summed E-state index contributed by atoms with van der Waals surface area (Å²) in [6.07, 6.45) is 3.19. The Morgan fingerprint density at radius 3 is 1.76 bits per heavy atom. The highest BCUT2D eigenvalue weighted by Crippen LogP contribution is 2.34. The summed E-state index contributed by atoms with van der Waals surface area (Å²) in [5.74, 6) is -0.945. The van der Waals surface area contributed by atoms with Crippen molar-refractivity contribution in [3.05, 3.63) is 81.8 Å². The van der Waals surface area contributed by atoms with Crippen LogP contribution in [0.15, 0.2) is 60.7 Å². The highest BCUT2D eigenvalue weighted by atomic mass is 32.1. The first kappa shape index (κ1) is 31.4. The fourth-order valence-corrected chi connectivity index (χ4v) is 6.02. The van der Waals surface area contributed by atoms with Gasteiger partial charge in [0.15, 0.2) is 5.60 Å². The fourth-order valence-electron chi connectivity index (χ4n) is 4.45. The second kappa shape index (κ2) is 14.1. The molecule has 0 radical (unpaired) electrons. The zero-order valence-corrected chi connectivity index (χ0v) is 26.1. The molecule has 2 amide bonds. The summed E-state index contributed by atoms with van der Waals surface area (Å²) in [5.41, 5.74) is -0.239. The zero-order valence-electron chi connectivity index (χ0n) is 24.4. The SMILES string of the molecule is COC(C)(C(=O)Nc1nnc(CCCCc2nnc(NC(=O)C(C)C(C)(OC)c3ccccc3)s2)s1)c1ccccc1. The molecule has 0 spiro atoms. The summed E-state index contributed by atoms with van der Waals surface area (Å²) in [4.78, 5) is 26.0. The fraction of sp³-hybridized carbons (Fsp3) is 0.400. The minimum absolute atomic E-state index is 0.181. The van der Waals surface area contributed by atoms with E-state index in [-0.39, 0.29) is 11.8 Å². The van der Waals surface area contributed by atoms with E-state index >= 15 is 0 Å². The van der Waals surface area contributed by atoms with Gasteiger partial charge in [-0.1, -0.05) is 90.3 Å². The van der Waals surface area contributed by atoms with Crippen molar-refractivity contribution in [2.75, 3.05) is 24.9 Å². The topological polar surface area (TPSA) is 128 Å². The number of aryl methyl sites for hydroxylation is 2. The molecule has 2 aromatic heterocycles.